The third-order valence-electron chi connectivity index (χ3n) is 4.93. The van der Waals surface area contributed by atoms with Crippen molar-refractivity contribution in [1.29, 1.82) is 0 Å². The molecule has 0 aliphatic carbocycles. The Morgan fingerprint density at radius 2 is 0.674 bits per heavy atom. The zero-order valence-electron chi connectivity index (χ0n) is 19.0. The molecule has 0 rings (SSSR count). The molecule has 0 heterocycles. The number of ether oxygens (including phenoxy) is 1. The molecule has 0 bridgehead atoms. The van der Waals surface area contributed by atoms with Gasteiger partial charge in [0.25, 0.3) is 0 Å². The molecule has 0 N–H and O–H groups in total. The molecule has 0 fully saturated rings. The Morgan fingerprint density at radius 3 is 0.907 bits per heavy atom. The molecule has 256 valence electrons. The summed E-state index contributed by atoms with van der Waals surface area (Å²) in [6.07, 6.45) is -25.5. The van der Waals surface area contributed by atoms with Crippen molar-refractivity contribution in [2.75, 3.05) is 0 Å². The van der Waals surface area contributed by atoms with Gasteiger partial charge in [0.15, 0.2) is 0 Å². The highest BCUT2D eigenvalue weighted by Gasteiger charge is 3.01. The van der Waals surface area contributed by atoms with Crippen LogP contribution in [0.2, 0.25) is 0 Å². The molecule has 2 nitrogen and oxygen atoms in total. The van der Waals surface area contributed by atoms with Crippen molar-refractivity contribution in [3.05, 3.63) is 12.2 Å². The highest BCUT2D eigenvalue weighted by Crippen LogP contribution is 2.68. The van der Waals surface area contributed by atoms with Crippen LogP contribution in [0.25, 0.3) is 0 Å². The molecular weight excluding hydrogens is 699 g/mol. The average Bonchev–Trinajstić information content (AvgIpc) is 2.74. The Bertz CT molecular complexity index is 1060. The molecule has 0 aliphatic heterocycles. The lowest BCUT2D eigenvalue weighted by atomic mass is 9.81. The summed E-state index contributed by atoms with van der Waals surface area (Å²) in [6.45, 7) is 1.89. The van der Waals surface area contributed by atoms with Crippen LogP contribution in [-0.4, -0.2) is 77.5 Å². The highest BCUT2D eigenvalue weighted by atomic mass is 19.4. The average molecular weight is 704 g/mol. The number of hydrogen-bond acceptors (Lipinski definition) is 2. The van der Waals surface area contributed by atoms with E-state index < -0.39 is 83.1 Å². The van der Waals surface area contributed by atoms with Crippen LogP contribution in [0.15, 0.2) is 12.2 Å². The summed E-state index contributed by atoms with van der Waals surface area (Å²) < 4.78 is 336. The van der Waals surface area contributed by atoms with Gasteiger partial charge in [0.05, 0.1) is 0 Å². The first kappa shape index (κ1) is 40.5. The Kier molecular flexibility index (Phi) is 9.39. The Balaban J connectivity index is 8.15. The molecule has 0 aliphatic rings. The van der Waals surface area contributed by atoms with E-state index in [1.54, 1.807) is 0 Å². The largest absolute Gasteiger partial charge is 0.460 e. The molecule has 43 heavy (non-hydrogen) atoms. The van der Waals surface area contributed by atoms with E-state index in [1.807, 2.05) is 4.74 Å². The topological polar surface area (TPSA) is 26.3 Å². The molecule has 0 aromatic rings. The second-order valence-electron chi connectivity index (χ2n) is 7.94. The lowest BCUT2D eigenvalue weighted by Crippen LogP contribution is -2.81. The summed E-state index contributed by atoms with van der Waals surface area (Å²) >= 11 is 0. The molecule has 0 aromatic heterocycles. The number of rotatable bonds is 10. The minimum atomic E-state index is -9.62. The van der Waals surface area contributed by atoms with Gasteiger partial charge in [0.1, 0.15) is 0 Å². The maximum atomic E-state index is 14.9. The van der Waals surface area contributed by atoms with Gasteiger partial charge in [-0.15, -0.1) is 0 Å². The van der Waals surface area contributed by atoms with Crippen molar-refractivity contribution in [2.45, 2.75) is 78.4 Å². The van der Waals surface area contributed by atoms with Gasteiger partial charge < -0.3 is 4.74 Å². The van der Waals surface area contributed by atoms with Gasteiger partial charge in [-0.05, 0) is 6.92 Å². The molecule has 0 saturated carbocycles. The van der Waals surface area contributed by atoms with Crippen LogP contribution in [-0.2, 0) is 9.53 Å². The summed E-state index contributed by atoms with van der Waals surface area (Å²) in [7, 11) is 0. The Hall–Kier alpha value is -2.54. The molecule has 0 saturated heterocycles. The molecule has 0 radical (unpaired) electrons. The minimum Gasteiger partial charge on any atom is -0.413 e. The van der Waals surface area contributed by atoms with Crippen molar-refractivity contribution in [1.82, 2.24) is 0 Å². The van der Waals surface area contributed by atoms with E-state index in [-0.39, 0.29) is 6.92 Å². The molecule has 0 aromatic carbocycles. The fourth-order valence-electron chi connectivity index (χ4n) is 2.45. The number of esters is 1. The second kappa shape index (κ2) is 9.98. The van der Waals surface area contributed by atoms with Crippen LogP contribution >= 0.6 is 0 Å². The van der Waals surface area contributed by atoms with Crippen LogP contribution < -0.4 is 0 Å². The minimum absolute atomic E-state index is 0.184. The second-order valence-corrected chi connectivity index (χ2v) is 7.94. The van der Waals surface area contributed by atoms with Gasteiger partial charge in [-0.3, -0.25) is 0 Å². The van der Waals surface area contributed by atoms with E-state index in [1.165, 1.54) is 0 Å². The van der Waals surface area contributed by atoms with E-state index in [2.05, 4.69) is 6.58 Å². The molecule has 0 amide bonds. The van der Waals surface area contributed by atoms with Crippen molar-refractivity contribution in [3.63, 3.8) is 0 Å². The summed E-state index contributed by atoms with van der Waals surface area (Å²) in [5.41, 5.74) is -11.3. The summed E-state index contributed by atoms with van der Waals surface area (Å²) in [5.74, 6) is -78.2. The monoisotopic (exact) mass is 704 g/mol. The maximum absolute atomic E-state index is 14.9. The van der Waals surface area contributed by atoms with Crippen LogP contribution in [0.1, 0.15) is 6.92 Å². The van der Waals surface area contributed by atoms with Gasteiger partial charge in [-0.25, -0.2) is 9.18 Å². The molecular formula is C16H5F25O2. The van der Waals surface area contributed by atoms with Crippen LogP contribution in [0.5, 0.6) is 0 Å². The first-order chi connectivity index (χ1) is 18.1. The van der Waals surface area contributed by atoms with E-state index >= 15 is 0 Å². The van der Waals surface area contributed by atoms with Gasteiger partial charge in [0, 0.05) is 5.57 Å². The van der Waals surface area contributed by atoms with E-state index in [4.69, 9.17) is 0 Å². The summed E-state index contributed by atoms with van der Waals surface area (Å²) in [6, 6.07) is 0. The third kappa shape index (κ3) is 4.98. The van der Waals surface area contributed by atoms with Crippen LogP contribution in [0.3, 0.4) is 0 Å². The van der Waals surface area contributed by atoms with Crippen molar-refractivity contribution in [2.24, 2.45) is 0 Å². The number of hydrogen-bond donors (Lipinski definition) is 0. The summed E-state index contributed by atoms with van der Waals surface area (Å²) in [4.78, 5) is 11.2. The quantitative estimate of drug-likeness (QED) is 0.129. The zero-order chi connectivity index (χ0) is 35.9. The fourth-order valence-corrected chi connectivity index (χ4v) is 2.45. The van der Waals surface area contributed by atoms with Crippen molar-refractivity contribution >= 4 is 5.97 Å². The van der Waals surface area contributed by atoms with Crippen LogP contribution in [0.4, 0.5) is 110 Å². The van der Waals surface area contributed by atoms with E-state index in [0.717, 1.165) is 0 Å². The molecule has 1 atom stereocenters. The number of alkyl halides is 25. The molecule has 27 heteroatoms. The van der Waals surface area contributed by atoms with E-state index in [9.17, 15) is 115 Å². The number of carbonyl (C=O) groups is 1. The van der Waals surface area contributed by atoms with E-state index in [0.29, 0.717) is 0 Å². The summed E-state index contributed by atoms with van der Waals surface area (Å²) in [5, 5.41) is 0. The smallest absolute Gasteiger partial charge is 0.413 e. The fraction of sp³-hybridized carbons (Fsp3) is 0.812. The Labute approximate surface area is 217 Å². The predicted molar refractivity (Wildman–Crippen MR) is 81.4 cm³/mol. The Morgan fingerprint density at radius 1 is 0.419 bits per heavy atom. The third-order valence-corrected chi connectivity index (χ3v) is 4.93. The SMILES string of the molecule is C=C(C)C(=O)OC(F)(C(F)(F)C(F)(F)C(F)(F)C(F)(F)C(F)(F)F)C(F)(F)C(F)(F)C(F)(F)C(F)(C(F)(F)F)C(F)(F)F. The number of halogens is 25. The molecule has 0 spiro atoms. The predicted octanol–water partition coefficient (Wildman–Crippen LogP) is 8.61. The van der Waals surface area contributed by atoms with Gasteiger partial charge in [0.2, 0.25) is 0 Å². The standard InChI is InChI=1S/C16H5F25O2/c1-3(2)4(42)43-13(32,11(28,29)8(22,23)9(24,25)12(30,31)16(39,40)41)10(26,27)7(20,21)6(18,19)5(17,14(33,34)35)15(36,37)38/h1H2,2H3. The van der Waals surface area contributed by atoms with Crippen molar-refractivity contribution in [3.8, 4) is 0 Å². The first-order valence-corrected chi connectivity index (χ1v) is 9.19. The molecule has 1 unspecified atom stereocenters. The first-order valence-electron chi connectivity index (χ1n) is 9.19. The van der Waals surface area contributed by atoms with Crippen molar-refractivity contribution < 1.29 is 119 Å². The van der Waals surface area contributed by atoms with Gasteiger partial charge in [-0.1, -0.05) is 6.58 Å². The lowest BCUT2D eigenvalue weighted by molar-refractivity contribution is -0.495. The normalized spacial score (nSPS) is 17.4. The van der Waals surface area contributed by atoms with Gasteiger partial charge >= 0.3 is 77.5 Å². The van der Waals surface area contributed by atoms with Gasteiger partial charge in [-0.2, -0.15) is 105 Å². The van der Waals surface area contributed by atoms with Crippen LogP contribution in [0, 0.1) is 0 Å². The number of carbonyl (C=O) groups excluding carboxylic acids is 1. The lowest BCUT2D eigenvalue weighted by Gasteiger charge is -2.48. The zero-order valence-corrected chi connectivity index (χ0v) is 19.0. The highest BCUT2D eigenvalue weighted by molar-refractivity contribution is 5.87. The maximum Gasteiger partial charge on any atom is 0.460 e.